The van der Waals surface area contributed by atoms with Crippen molar-refractivity contribution in [3.05, 3.63) is 184 Å². The molecule has 5 aromatic rings. The highest BCUT2D eigenvalue weighted by atomic mass is 16.6. The molecule has 0 bridgehead atoms. The van der Waals surface area contributed by atoms with Crippen LogP contribution < -0.4 is 4.90 Å². The van der Waals surface area contributed by atoms with Gasteiger partial charge in [0.1, 0.15) is 42.4 Å². The molecule has 2 fully saturated rings. The predicted molar refractivity (Wildman–Crippen MR) is 204 cm³/mol. The Hall–Kier alpha value is -7.12. The van der Waals surface area contributed by atoms with E-state index in [9.17, 15) is 29.6 Å². The fourth-order valence-corrected chi connectivity index (χ4v) is 8.62. The second-order valence-corrected chi connectivity index (χ2v) is 13.9. The zero-order valence-corrected chi connectivity index (χ0v) is 30.3. The number of para-hydroxylation sites is 1. The molecule has 13 nitrogen and oxygen atoms in total. The topological polar surface area (TPSA) is 166 Å². The van der Waals surface area contributed by atoms with E-state index < -0.39 is 64.4 Å². The van der Waals surface area contributed by atoms with Crippen LogP contribution in [0.25, 0.3) is 0 Å². The van der Waals surface area contributed by atoms with E-state index >= 15 is 4.79 Å². The maximum atomic E-state index is 15.7. The summed E-state index contributed by atoms with van der Waals surface area (Å²) in [6, 6.07) is 33.2. The lowest BCUT2D eigenvalue weighted by molar-refractivity contribution is -0.384. The summed E-state index contributed by atoms with van der Waals surface area (Å²) in [5.41, 5.74) is 0.519. The third-order valence-corrected chi connectivity index (χ3v) is 10.9. The van der Waals surface area contributed by atoms with Gasteiger partial charge < -0.3 is 19.3 Å². The van der Waals surface area contributed by atoms with Crippen molar-refractivity contribution < 1.29 is 43.4 Å². The molecule has 2 amide bonds. The van der Waals surface area contributed by atoms with Gasteiger partial charge in [-0.05, 0) is 58.1 Å². The minimum atomic E-state index is -2.01. The minimum absolute atomic E-state index is 0.0567. The molecular weight excluding hydrogens is 730 g/mol. The lowest BCUT2D eigenvalue weighted by atomic mass is 9.65. The van der Waals surface area contributed by atoms with Crippen LogP contribution in [0.15, 0.2) is 146 Å². The van der Waals surface area contributed by atoms with Crippen LogP contribution in [0, 0.1) is 16.0 Å². The molecule has 0 unspecified atom stereocenters. The van der Waals surface area contributed by atoms with Gasteiger partial charge in [-0.15, -0.1) is 0 Å². The number of carbonyl (C=O) groups excluding carboxylic acids is 4. The molecule has 286 valence electrons. The van der Waals surface area contributed by atoms with Gasteiger partial charge in [-0.2, -0.15) is 0 Å². The van der Waals surface area contributed by atoms with E-state index in [1.807, 2.05) is 65.6 Å². The standard InChI is InChI=1S/C44H35N3O10/c1-2-25-55-40(49)35-37-41(50)57-38(29-13-7-4-8-14-29)36(28-11-5-3-6-12-28)46(37)39(30-19-23-32(48)24-20-30)44(35)33-15-9-10-16-34(33)45(42(44)51)43(52)56-26-27-17-21-31(22-18-27)47(53)54/h2-24,35-39,48H,1,25-26H2/t35-,36-,37-,38+,39+,44-/m1/s1. The number of morpholine rings is 1. The van der Waals surface area contributed by atoms with Gasteiger partial charge in [-0.3, -0.25) is 29.4 Å². The number of nitrogens with zero attached hydrogens (tertiary/aromatic N) is 3. The molecule has 1 spiro atoms. The number of cyclic esters (lactones) is 1. The van der Waals surface area contributed by atoms with Crippen LogP contribution >= 0.6 is 0 Å². The van der Waals surface area contributed by atoms with E-state index in [1.165, 1.54) is 42.5 Å². The molecule has 0 aliphatic carbocycles. The van der Waals surface area contributed by atoms with Gasteiger partial charge >= 0.3 is 18.0 Å². The van der Waals surface area contributed by atoms with E-state index in [0.29, 0.717) is 16.7 Å². The molecule has 57 heavy (non-hydrogen) atoms. The van der Waals surface area contributed by atoms with Crippen LogP contribution in [-0.2, 0) is 40.6 Å². The summed E-state index contributed by atoms with van der Waals surface area (Å²) in [7, 11) is 0. The molecule has 1 N–H and O–H groups in total. The number of esters is 2. The first-order valence-corrected chi connectivity index (χ1v) is 18.1. The number of rotatable bonds is 9. The number of hydrogen-bond donors (Lipinski definition) is 1. The van der Waals surface area contributed by atoms with Crippen LogP contribution in [0.2, 0.25) is 0 Å². The van der Waals surface area contributed by atoms with Crippen LogP contribution in [0.4, 0.5) is 16.2 Å². The number of hydrogen-bond acceptors (Lipinski definition) is 11. The van der Waals surface area contributed by atoms with Crippen molar-refractivity contribution in [1.29, 1.82) is 0 Å². The molecule has 0 aromatic heterocycles. The Morgan fingerprint density at radius 3 is 2.09 bits per heavy atom. The van der Waals surface area contributed by atoms with Crippen molar-refractivity contribution in [2.45, 2.75) is 36.3 Å². The number of imide groups is 1. The number of ether oxygens (including phenoxy) is 3. The Kier molecular flexibility index (Phi) is 9.59. The average Bonchev–Trinajstić information content (AvgIpc) is 3.69. The van der Waals surface area contributed by atoms with E-state index in [2.05, 4.69) is 6.58 Å². The molecule has 0 saturated carbocycles. The number of nitro groups is 1. The van der Waals surface area contributed by atoms with Gasteiger partial charge in [-0.1, -0.05) is 104 Å². The maximum absolute atomic E-state index is 15.7. The molecular formula is C44H35N3O10. The molecule has 6 atom stereocenters. The number of benzene rings is 5. The van der Waals surface area contributed by atoms with Crippen molar-refractivity contribution in [3.8, 4) is 5.75 Å². The zero-order valence-electron chi connectivity index (χ0n) is 30.3. The fraction of sp³-hybridized carbons (Fsp3) is 0.182. The lowest BCUT2D eigenvalue weighted by Gasteiger charge is -2.46. The highest BCUT2D eigenvalue weighted by Crippen LogP contribution is 2.66. The average molecular weight is 766 g/mol. The van der Waals surface area contributed by atoms with E-state index in [0.717, 1.165) is 10.5 Å². The number of amides is 2. The summed E-state index contributed by atoms with van der Waals surface area (Å²) < 4.78 is 17.8. The Morgan fingerprint density at radius 2 is 1.44 bits per heavy atom. The molecule has 2 saturated heterocycles. The number of aromatic hydroxyl groups is 1. The summed E-state index contributed by atoms with van der Waals surface area (Å²) in [6.45, 7) is 3.11. The van der Waals surface area contributed by atoms with Gasteiger partial charge in [-0.25, -0.2) is 9.69 Å². The van der Waals surface area contributed by atoms with Crippen molar-refractivity contribution in [2.24, 2.45) is 5.92 Å². The number of fused-ring (bicyclic) bond motifs is 3. The first-order chi connectivity index (χ1) is 27.7. The highest BCUT2D eigenvalue weighted by molar-refractivity contribution is 6.23. The number of nitro benzene ring substituents is 1. The molecule has 5 aromatic carbocycles. The van der Waals surface area contributed by atoms with Crippen LogP contribution in [-0.4, -0.2) is 51.5 Å². The second-order valence-electron chi connectivity index (χ2n) is 13.9. The van der Waals surface area contributed by atoms with Crippen LogP contribution in [0.5, 0.6) is 5.75 Å². The van der Waals surface area contributed by atoms with Crippen molar-refractivity contribution in [2.75, 3.05) is 11.5 Å². The number of phenols is 1. The number of non-ortho nitro benzene ring substituents is 1. The monoisotopic (exact) mass is 765 g/mol. The van der Waals surface area contributed by atoms with Gasteiger partial charge in [0.15, 0.2) is 0 Å². The highest BCUT2D eigenvalue weighted by Gasteiger charge is 2.76. The van der Waals surface area contributed by atoms with E-state index in [4.69, 9.17) is 14.2 Å². The summed E-state index contributed by atoms with van der Waals surface area (Å²) in [6.07, 6.45) is -0.607. The largest absolute Gasteiger partial charge is 0.508 e. The zero-order chi connectivity index (χ0) is 39.8. The Balaban J connectivity index is 1.35. The molecule has 3 aliphatic rings. The van der Waals surface area contributed by atoms with Crippen molar-refractivity contribution >= 4 is 35.3 Å². The Morgan fingerprint density at radius 1 is 0.807 bits per heavy atom. The fourth-order valence-electron chi connectivity index (χ4n) is 8.62. The summed E-state index contributed by atoms with van der Waals surface area (Å²) in [5.74, 6) is -4.15. The predicted octanol–water partition coefficient (Wildman–Crippen LogP) is 7.03. The molecule has 3 aliphatic heterocycles. The maximum Gasteiger partial charge on any atom is 0.421 e. The summed E-state index contributed by atoms with van der Waals surface area (Å²) >= 11 is 0. The summed E-state index contributed by atoms with van der Waals surface area (Å²) in [4.78, 5) is 72.9. The third kappa shape index (κ3) is 6.08. The molecule has 8 rings (SSSR count). The third-order valence-electron chi connectivity index (χ3n) is 10.9. The van der Waals surface area contributed by atoms with Crippen molar-refractivity contribution in [1.82, 2.24) is 4.90 Å². The Labute approximate surface area is 326 Å². The first kappa shape index (κ1) is 36.8. The van der Waals surface area contributed by atoms with E-state index in [-0.39, 0.29) is 35.9 Å². The van der Waals surface area contributed by atoms with Crippen LogP contribution in [0.1, 0.15) is 46.0 Å². The lowest BCUT2D eigenvalue weighted by Crippen LogP contribution is -2.53. The summed E-state index contributed by atoms with van der Waals surface area (Å²) in [5, 5.41) is 21.7. The van der Waals surface area contributed by atoms with Gasteiger partial charge in [0.05, 0.1) is 22.7 Å². The smallest absolute Gasteiger partial charge is 0.421 e. The minimum Gasteiger partial charge on any atom is -0.508 e. The van der Waals surface area contributed by atoms with E-state index in [1.54, 1.807) is 36.4 Å². The molecule has 13 heteroatoms. The van der Waals surface area contributed by atoms with Gasteiger partial charge in [0.2, 0.25) is 5.91 Å². The number of phenolic OH excluding ortho intramolecular Hbond substituents is 1. The molecule has 3 heterocycles. The quantitative estimate of drug-likeness (QED) is 0.0538. The van der Waals surface area contributed by atoms with Gasteiger partial charge in [0.25, 0.3) is 5.69 Å². The number of anilines is 1. The normalized spacial score (nSPS) is 23.6. The molecule has 0 radical (unpaired) electrons. The van der Waals surface area contributed by atoms with Crippen LogP contribution in [0.3, 0.4) is 0 Å². The van der Waals surface area contributed by atoms with Gasteiger partial charge in [0, 0.05) is 12.1 Å². The number of carbonyl (C=O) groups is 4. The second kappa shape index (κ2) is 14.8. The SMILES string of the molecule is C=CCOC(=O)[C@H]1[C@@H]2C(=O)O[C@@H](c3ccccc3)[C@@H](c3ccccc3)N2[C@@H](c2ccc(O)cc2)[C@]12C(=O)N(C(=O)OCc1ccc([N+](=O)[O-])cc1)c1ccccc12. The van der Waals surface area contributed by atoms with Crippen molar-refractivity contribution in [3.63, 3.8) is 0 Å². The Bertz CT molecular complexity index is 2370. The first-order valence-electron chi connectivity index (χ1n) is 18.1.